The predicted molar refractivity (Wildman–Crippen MR) is 105 cm³/mol. The second-order valence-corrected chi connectivity index (χ2v) is 8.74. The third kappa shape index (κ3) is 5.67. The summed E-state index contributed by atoms with van der Waals surface area (Å²) in [6.45, 7) is 7.75. The molecule has 0 saturated carbocycles. The Hall–Kier alpha value is -1.63. The maximum Gasteiger partial charge on any atom is 0.408 e. The topological polar surface area (TPSA) is 56.8 Å². The van der Waals surface area contributed by atoms with E-state index in [9.17, 15) is 4.79 Å². The summed E-state index contributed by atoms with van der Waals surface area (Å²) >= 11 is 0. The minimum atomic E-state index is -0.533. The summed E-state index contributed by atoms with van der Waals surface area (Å²) in [5.74, 6) is 0. The van der Waals surface area contributed by atoms with Gasteiger partial charge in [-0.15, -0.1) is 0 Å². The summed E-state index contributed by atoms with van der Waals surface area (Å²) in [4.78, 5) is 12.1. The molecule has 2 rings (SSSR count). The normalized spacial score (nSPS) is 24.9. The van der Waals surface area contributed by atoms with Gasteiger partial charge in [0.1, 0.15) is 11.6 Å². The number of quaternary nitrogens is 1. The Kier molecular flexibility index (Phi) is 6.89. The van der Waals surface area contributed by atoms with E-state index in [-0.39, 0.29) is 18.3 Å². The lowest BCUT2D eigenvalue weighted by molar-refractivity contribution is -0.967. The minimum absolute atomic E-state index is 0.0261. The van der Waals surface area contributed by atoms with E-state index < -0.39 is 18.0 Å². The molecule has 0 spiro atoms. The first-order valence-corrected chi connectivity index (χ1v) is 9.60. The van der Waals surface area contributed by atoms with E-state index in [4.69, 9.17) is 14.2 Å². The Labute approximate surface area is 163 Å². The number of hydrogen-bond acceptors (Lipinski definition) is 4. The van der Waals surface area contributed by atoms with E-state index in [2.05, 4.69) is 50.6 Å². The van der Waals surface area contributed by atoms with Gasteiger partial charge in [0, 0.05) is 19.1 Å². The Morgan fingerprint density at radius 1 is 1.22 bits per heavy atom. The average molecular weight is 380 g/mol. The van der Waals surface area contributed by atoms with Crippen LogP contribution in [0.3, 0.4) is 0 Å². The van der Waals surface area contributed by atoms with Crippen LogP contribution in [0, 0.1) is 0 Å². The van der Waals surface area contributed by atoms with Gasteiger partial charge in [0.15, 0.2) is 12.5 Å². The summed E-state index contributed by atoms with van der Waals surface area (Å²) in [6.07, 6.45) is 0.623. The second-order valence-electron chi connectivity index (χ2n) is 8.74. The van der Waals surface area contributed by atoms with Crippen molar-refractivity contribution < 1.29 is 23.5 Å². The number of benzene rings is 1. The van der Waals surface area contributed by atoms with E-state index in [1.165, 1.54) is 5.56 Å². The number of hydrogen-bond donors (Lipinski definition) is 1. The highest BCUT2D eigenvalue weighted by molar-refractivity contribution is 5.68. The second kappa shape index (κ2) is 8.59. The van der Waals surface area contributed by atoms with Crippen LogP contribution >= 0.6 is 0 Å². The van der Waals surface area contributed by atoms with Crippen LogP contribution in [-0.4, -0.2) is 55.9 Å². The number of amides is 1. The van der Waals surface area contributed by atoms with Gasteiger partial charge >= 0.3 is 6.09 Å². The van der Waals surface area contributed by atoms with Crippen molar-refractivity contribution in [3.05, 3.63) is 35.9 Å². The fourth-order valence-electron chi connectivity index (χ4n) is 3.45. The van der Waals surface area contributed by atoms with Gasteiger partial charge in [0.05, 0.1) is 20.1 Å². The van der Waals surface area contributed by atoms with Crippen molar-refractivity contribution in [1.29, 1.82) is 0 Å². The molecule has 1 fully saturated rings. The van der Waals surface area contributed by atoms with Crippen LogP contribution in [0.2, 0.25) is 0 Å². The monoisotopic (exact) mass is 379 g/mol. The van der Waals surface area contributed by atoms with E-state index in [1.54, 1.807) is 7.11 Å². The number of ether oxygens (including phenoxy) is 3. The number of carbonyl (C=O) groups excluding carboxylic acids is 1. The molecule has 0 unspecified atom stereocenters. The van der Waals surface area contributed by atoms with Gasteiger partial charge in [0.2, 0.25) is 0 Å². The average Bonchev–Trinajstić information content (AvgIpc) is 2.60. The molecule has 4 atom stereocenters. The highest BCUT2D eigenvalue weighted by Gasteiger charge is 2.43. The predicted octanol–water partition coefficient (Wildman–Crippen LogP) is 3.83. The first-order chi connectivity index (χ1) is 12.5. The van der Waals surface area contributed by atoms with Crippen molar-refractivity contribution in [2.45, 2.75) is 70.7 Å². The zero-order valence-electron chi connectivity index (χ0n) is 17.7. The van der Waals surface area contributed by atoms with Crippen molar-refractivity contribution in [1.82, 2.24) is 5.32 Å². The van der Waals surface area contributed by atoms with Crippen molar-refractivity contribution in [3.63, 3.8) is 0 Å². The fraction of sp³-hybridized carbons (Fsp3) is 0.667. The molecule has 27 heavy (non-hydrogen) atoms. The van der Waals surface area contributed by atoms with Crippen LogP contribution in [0.1, 0.15) is 52.1 Å². The molecule has 1 aliphatic rings. The van der Waals surface area contributed by atoms with Gasteiger partial charge < -0.3 is 14.8 Å². The summed E-state index contributed by atoms with van der Waals surface area (Å²) in [5.41, 5.74) is 0.739. The van der Waals surface area contributed by atoms with Crippen LogP contribution < -0.4 is 5.32 Å². The molecule has 1 aliphatic heterocycles. The molecule has 0 aliphatic carbocycles. The molecular formula is C21H35N2O4+. The smallest absolute Gasteiger partial charge is 0.408 e. The van der Waals surface area contributed by atoms with Gasteiger partial charge in [-0.05, 0) is 34.1 Å². The Morgan fingerprint density at radius 2 is 1.85 bits per heavy atom. The van der Waals surface area contributed by atoms with Crippen LogP contribution in [-0.2, 0) is 14.2 Å². The highest BCUT2D eigenvalue weighted by Crippen LogP contribution is 2.33. The minimum Gasteiger partial charge on any atom is -0.444 e. The molecule has 0 radical (unpaired) electrons. The van der Waals surface area contributed by atoms with Gasteiger partial charge in [-0.3, -0.25) is 9.22 Å². The fourth-order valence-corrected chi connectivity index (χ4v) is 3.45. The summed E-state index contributed by atoms with van der Waals surface area (Å²) in [7, 11) is 5.96. The zero-order valence-corrected chi connectivity index (χ0v) is 17.7. The Bertz CT molecular complexity index is 612. The SMILES string of the molecule is CO[C@H]1O[C@H]([N+](C)(C)[C@H](C)c2ccccc2)CC[C@H]1NC(=O)OC(C)(C)C. The molecule has 1 heterocycles. The standard InChI is InChI=1S/C21H34N2O4/c1-15(16-11-9-8-10-12-16)23(5,6)18-14-13-17(19(25-7)26-18)22-20(24)27-21(2,3)4/h8-12,15,17-19H,13-14H2,1-7H3/p+1/t15-,17-,18+,19+/m1/s1. The van der Waals surface area contributed by atoms with Crippen molar-refractivity contribution in [3.8, 4) is 0 Å². The van der Waals surface area contributed by atoms with Crippen molar-refractivity contribution >= 4 is 6.09 Å². The van der Waals surface area contributed by atoms with Gasteiger partial charge in [0.25, 0.3) is 0 Å². The quantitative estimate of drug-likeness (QED) is 0.790. The third-order valence-electron chi connectivity index (χ3n) is 5.30. The molecule has 1 N–H and O–H groups in total. The lowest BCUT2D eigenvalue weighted by atomic mass is 10.0. The molecule has 1 aromatic rings. The Morgan fingerprint density at radius 3 is 2.41 bits per heavy atom. The van der Waals surface area contributed by atoms with Gasteiger partial charge in [-0.25, -0.2) is 4.79 Å². The van der Waals surface area contributed by atoms with Crippen LogP contribution in [0.5, 0.6) is 0 Å². The van der Waals surface area contributed by atoms with Crippen LogP contribution in [0.4, 0.5) is 4.79 Å². The van der Waals surface area contributed by atoms with Crippen molar-refractivity contribution in [2.75, 3.05) is 21.2 Å². The lowest BCUT2D eigenvalue weighted by Gasteiger charge is -2.47. The van der Waals surface area contributed by atoms with E-state index in [0.29, 0.717) is 4.48 Å². The molecule has 6 heteroatoms. The van der Waals surface area contributed by atoms with Crippen LogP contribution in [0.25, 0.3) is 0 Å². The van der Waals surface area contributed by atoms with E-state index in [1.807, 2.05) is 26.8 Å². The maximum atomic E-state index is 12.1. The van der Waals surface area contributed by atoms with Crippen molar-refractivity contribution in [2.24, 2.45) is 0 Å². The molecular weight excluding hydrogens is 344 g/mol. The molecule has 6 nitrogen and oxygen atoms in total. The van der Waals surface area contributed by atoms with E-state index >= 15 is 0 Å². The first kappa shape index (κ1) is 21.7. The molecule has 0 aromatic heterocycles. The highest BCUT2D eigenvalue weighted by atomic mass is 16.7. The van der Waals surface area contributed by atoms with Gasteiger partial charge in [-0.2, -0.15) is 0 Å². The number of alkyl carbamates (subject to hydrolysis) is 1. The number of methoxy groups -OCH3 is 1. The molecule has 0 bridgehead atoms. The number of nitrogens with zero attached hydrogens (tertiary/aromatic N) is 1. The first-order valence-electron chi connectivity index (χ1n) is 9.60. The van der Waals surface area contributed by atoms with Gasteiger partial charge in [-0.1, -0.05) is 30.3 Å². The summed E-state index contributed by atoms with van der Waals surface area (Å²) < 4.78 is 17.9. The molecule has 1 aromatic carbocycles. The third-order valence-corrected chi connectivity index (χ3v) is 5.30. The van der Waals surface area contributed by atoms with Crippen LogP contribution in [0.15, 0.2) is 30.3 Å². The Balaban J connectivity index is 2.03. The molecule has 1 saturated heterocycles. The number of rotatable bonds is 5. The largest absolute Gasteiger partial charge is 0.444 e. The molecule has 1 amide bonds. The maximum absolute atomic E-state index is 12.1. The number of carbonyl (C=O) groups is 1. The van der Waals surface area contributed by atoms with E-state index in [0.717, 1.165) is 12.8 Å². The summed E-state index contributed by atoms with van der Waals surface area (Å²) in [6, 6.07) is 10.5. The molecule has 152 valence electrons. The number of nitrogens with one attached hydrogen (secondary N) is 1. The lowest BCUT2D eigenvalue weighted by Crippen LogP contribution is -2.59. The summed E-state index contributed by atoms with van der Waals surface area (Å²) in [5, 5.41) is 2.89. The zero-order chi connectivity index (χ0) is 20.2.